The maximum absolute atomic E-state index is 14.7. The van der Waals surface area contributed by atoms with Gasteiger partial charge in [0, 0.05) is 24.0 Å². The highest BCUT2D eigenvalue weighted by Crippen LogP contribution is 2.31. The Balaban J connectivity index is 1.39. The number of carbonyl (C=O) groups is 1. The van der Waals surface area contributed by atoms with Crippen LogP contribution in [0.25, 0.3) is 16.5 Å². The third kappa shape index (κ3) is 4.11. The second kappa shape index (κ2) is 9.20. The van der Waals surface area contributed by atoms with Crippen molar-refractivity contribution in [2.45, 2.75) is 19.4 Å². The normalized spacial score (nSPS) is 17.0. The summed E-state index contributed by atoms with van der Waals surface area (Å²) in [5, 5.41) is 21.7. The van der Waals surface area contributed by atoms with Crippen LogP contribution in [-0.4, -0.2) is 47.3 Å². The van der Waals surface area contributed by atoms with Gasteiger partial charge in [0.2, 0.25) is 5.91 Å². The number of hydrogen-bond acceptors (Lipinski definition) is 6. The fraction of sp³-hybridized carbons (Fsp3) is 0.308. The summed E-state index contributed by atoms with van der Waals surface area (Å²) in [6.45, 7) is 4.17. The summed E-state index contributed by atoms with van der Waals surface area (Å²) in [7, 11) is 0. The SMILES string of the molecule is C[C@@H](Nc1cnnc2ccc(C3=CCN(C(=O)C4COC4)CC3)cc12)c1cccc(C#N)c1F. The fourth-order valence-electron chi connectivity index (χ4n) is 4.42. The highest BCUT2D eigenvalue weighted by molar-refractivity contribution is 5.93. The first kappa shape index (κ1) is 22.0. The van der Waals surface area contributed by atoms with Crippen molar-refractivity contribution in [2.24, 2.45) is 5.92 Å². The lowest BCUT2D eigenvalue weighted by molar-refractivity contribution is -0.149. The molecule has 7 nitrogen and oxygen atoms in total. The van der Waals surface area contributed by atoms with E-state index in [1.807, 2.05) is 30.0 Å². The summed E-state index contributed by atoms with van der Waals surface area (Å²) >= 11 is 0. The number of anilines is 1. The Labute approximate surface area is 196 Å². The van der Waals surface area contributed by atoms with E-state index in [1.54, 1.807) is 18.3 Å². The van der Waals surface area contributed by atoms with Gasteiger partial charge in [-0.3, -0.25) is 4.79 Å². The molecule has 3 heterocycles. The van der Waals surface area contributed by atoms with Crippen molar-refractivity contribution in [3.05, 3.63) is 71.2 Å². The van der Waals surface area contributed by atoms with Crippen LogP contribution in [0.3, 0.4) is 0 Å². The number of halogens is 1. The molecule has 1 fully saturated rings. The van der Waals surface area contributed by atoms with E-state index in [9.17, 15) is 9.18 Å². The number of hydrogen-bond donors (Lipinski definition) is 1. The van der Waals surface area contributed by atoms with Crippen LogP contribution < -0.4 is 5.32 Å². The molecular formula is C26H24FN5O2. The average Bonchev–Trinajstić information content (AvgIpc) is 2.83. The quantitative estimate of drug-likeness (QED) is 0.621. The van der Waals surface area contributed by atoms with Gasteiger partial charge in [0.05, 0.1) is 48.1 Å². The van der Waals surface area contributed by atoms with Gasteiger partial charge in [-0.25, -0.2) is 4.39 Å². The second-order valence-corrected chi connectivity index (χ2v) is 8.67. The molecule has 0 bridgehead atoms. The molecule has 2 aromatic carbocycles. The lowest BCUT2D eigenvalue weighted by Gasteiger charge is -2.33. The number of aromatic nitrogens is 2. The van der Waals surface area contributed by atoms with E-state index in [0.717, 1.165) is 28.6 Å². The molecule has 1 aromatic heterocycles. The Morgan fingerprint density at radius 2 is 2.18 bits per heavy atom. The van der Waals surface area contributed by atoms with E-state index < -0.39 is 5.82 Å². The molecule has 1 amide bonds. The van der Waals surface area contributed by atoms with E-state index >= 15 is 0 Å². The number of ether oxygens (including phenoxy) is 1. The molecule has 8 heteroatoms. The summed E-state index contributed by atoms with van der Waals surface area (Å²) in [5.74, 6) is -0.344. The van der Waals surface area contributed by atoms with Gasteiger partial charge in [0.15, 0.2) is 0 Å². The van der Waals surface area contributed by atoms with E-state index in [4.69, 9.17) is 10.00 Å². The molecule has 0 spiro atoms. The minimum atomic E-state index is -0.517. The molecule has 0 radical (unpaired) electrons. The summed E-state index contributed by atoms with van der Waals surface area (Å²) < 4.78 is 19.8. The van der Waals surface area contributed by atoms with Gasteiger partial charge < -0.3 is 15.0 Å². The highest BCUT2D eigenvalue weighted by Gasteiger charge is 2.31. The molecule has 5 rings (SSSR count). The van der Waals surface area contributed by atoms with Gasteiger partial charge in [-0.05, 0) is 42.7 Å². The number of amides is 1. The highest BCUT2D eigenvalue weighted by atomic mass is 19.1. The zero-order valence-corrected chi connectivity index (χ0v) is 18.8. The summed E-state index contributed by atoms with van der Waals surface area (Å²) in [6, 6.07) is 12.3. The van der Waals surface area contributed by atoms with Crippen molar-refractivity contribution in [1.82, 2.24) is 15.1 Å². The molecule has 1 atom stereocenters. The zero-order valence-electron chi connectivity index (χ0n) is 18.8. The molecule has 2 aliphatic heterocycles. The lowest BCUT2D eigenvalue weighted by Crippen LogP contribution is -2.46. The van der Waals surface area contributed by atoms with Crippen LogP contribution in [0.4, 0.5) is 10.1 Å². The Morgan fingerprint density at radius 1 is 1.32 bits per heavy atom. The molecule has 0 unspecified atom stereocenters. The van der Waals surface area contributed by atoms with E-state index in [1.165, 1.54) is 11.6 Å². The van der Waals surface area contributed by atoms with Crippen molar-refractivity contribution in [3.8, 4) is 6.07 Å². The second-order valence-electron chi connectivity index (χ2n) is 8.67. The van der Waals surface area contributed by atoms with E-state index in [2.05, 4.69) is 27.7 Å². The first-order chi connectivity index (χ1) is 16.5. The number of nitrogens with one attached hydrogen (secondary N) is 1. The van der Waals surface area contributed by atoms with Crippen molar-refractivity contribution < 1.29 is 13.9 Å². The first-order valence-corrected chi connectivity index (χ1v) is 11.3. The number of rotatable bonds is 5. The van der Waals surface area contributed by atoms with Crippen molar-refractivity contribution in [3.63, 3.8) is 0 Å². The van der Waals surface area contributed by atoms with Crippen molar-refractivity contribution >= 4 is 28.1 Å². The van der Waals surface area contributed by atoms with Crippen molar-refractivity contribution in [2.75, 3.05) is 31.6 Å². The number of fused-ring (bicyclic) bond motifs is 1. The zero-order chi connectivity index (χ0) is 23.7. The average molecular weight is 458 g/mol. The van der Waals surface area contributed by atoms with Crippen LogP contribution in [-0.2, 0) is 9.53 Å². The van der Waals surface area contributed by atoms with Crippen LogP contribution in [0.5, 0.6) is 0 Å². The predicted molar refractivity (Wildman–Crippen MR) is 126 cm³/mol. The fourth-order valence-corrected chi connectivity index (χ4v) is 4.42. The van der Waals surface area contributed by atoms with Gasteiger partial charge in [0.25, 0.3) is 0 Å². The topological polar surface area (TPSA) is 91.1 Å². The predicted octanol–water partition coefficient (Wildman–Crippen LogP) is 4.08. The molecule has 172 valence electrons. The third-order valence-electron chi connectivity index (χ3n) is 6.51. The number of benzene rings is 2. The smallest absolute Gasteiger partial charge is 0.230 e. The number of nitriles is 1. The first-order valence-electron chi connectivity index (χ1n) is 11.3. The van der Waals surface area contributed by atoms with Gasteiger partial charge >= 0.3 is 0 Å². The Kier molecular flexibility index (Phi) is 5.95. The molecular weight excluding hydrogens is 433 g/mol. The van der Waals surface area contributed by atoms with Crippen LogP contribution in [0, 0.1) is 23.1 Å². The standard InChI is InChI=1S/C26H24FN5O2/c1-16(21-4-2-3-19(12-28)25(21)27)30-24-13-29-31-23-6-5-18(11-22(23)24)17-7-9-32(10-8-17)26(33)20-14-34-15-20/h2-7,11,13,16,20H,8-10,14-15H2,1H3,(H,30,31)/t16-/m1/s1. The summed E-state index contributed by atoms with van der Waals surface area (Å²) in [4.78, 5) is 14.4. The summed E-state index contributed by atoms with van der Waals surface area (Å²) in [5.41, 5.74) is 4.14. The van der Waals surface area contributed by atoms with Crippen molar-refractivity contribution in [1.29, 1.82) is 5.26 Å². The molecule has 2 aliphatic rings. The molecule has 1 N–H and O–H groups in total. The van der Waals surface area contributed by atoms with Gasteiger partial charge in [-0.15, -0.1) is 0 Å². The molecule has 0 saturated carbocycles. The van der Waals surface area contributed by atoms with Crippen LogP contribution in [0.2, 0.25) is 0 Å². The Hall–Kier alpha value is -3.83. The summed E-state index contributed by atoms with van der Waals surface area (Å²) in [6.07, 6.45) is 4.51. The van der Waals surface area contributed by atoms with Crippen LogP contribution in [0.15, 0.2) is 48.7 Å². The Morgan fingerprint density at radius 3 is 2.88 bits per heavy atom. The van der Waals surface area contributed by atoms with E-state index in [-0.39, 0.29) is 23.4 Å². The number of nitrogens with zero attached hydrogens (tertiary/aromatic N) is 4. The maximum Gasteiger partial charge on any atom is 0.230 e. The maximum atomic E-state index is 14.7. The minimum Gasteiger partial charge on any atom is -0.380 e. The number of carbonyl (C=O) groups excluding carboxylic acids is 1. The minimum absolute atomic E-state index is 0.00325. The molecule has 34 heavy (non-hydrogen) atoms. The van der Waals surface area contributed by atoms with E-state index in [0.29, 0.717) is 31.9 Å². The van der Waals surface area contributed by atoms with Gasteiger partial charge in [0.1, 0.15) is 11.9 Å². The monoisotopic (exact) mass is 457 g/mol. The van der Waals surface area contributed by atoms with Crippen LogP contribution in [0.1, 0.15) is 36.1 Å². The molecule has 0 aliphatic carbocycles. The molecule has 3 aromatic rings. The third-order valence-corrected chi connectivity index (χ3v) is 6.51. The van der Waals surface area contributed by atoms with Crippen LogP contribution >= 0.6 is 0 Å². The van der Waals surface area contributed by atoms with Gasteiger partial charge in [-0.2, -0.15) is 15.5 Å². The Bertz CT molecular complexity index is 1330. The molecule has 1 saturated heterocycles. The largest absolute Gasteiger partial charge is 0.380 e. The van der Waals surface area contributed by atoms with Gasteiger partial charge in [-0.1, -0.05) is 24.3 Å². The lowest BCUT2D eigenvalue weighted by atomic mass is 9.96.